The Morgan fingerprint density at radius 2 is 1.73 bits per heavy atom. The van der Waals surface area contributed by atoms with Crippen LogP contribution >= 0.6 is 0 Å². The third kappa shape index (κ3) is 5.96. The van der Waals surface area contributed by atoms with Crippen molar-refractivity contribution in [3.63, 3.8) is 0 Å². The van der Waals surface area contributed by atoms with Crippen LogP contribution in [0.1, 0.15) is 37.8 Å². The Bertz CT molecular complexity index is 932. The van der Waals surface area contributed by atoms with E-state index in [1.165, 1.54) is 11.4 Å². The van der Waals surface area contributed by atoms with Crippen molar-refractivity contribution in [1.29, 1.82) is 0 Å². The highest BCUT2D eigenvalue weighted by Gasteiger charge is 2.20. The first-order valence-electron chi connectivity index (χ1n) is 9.86. The minimum atomic E-state index is -3.55. The molecule has 1 amide bonds. The quantitative estimate of drug-likeness (QED) is 0.586. The molecule has 0 saturated carbocycles. The Morgan fingerprint density at radius 1 is 1.07 bits per heavy atom. The third-order valence-corrected chi connectivity index (χ3v) is 6.75. The molecular formula is C22H30N2O5S. The molecule has 2 aromatic rings. The zero-order valence-electron chi connectivity index (χ0n) is 17.9. The predicted octanol–water partition coefficient (Wildman–Crippen LogP) is 3.37. The predicted molar refractivity (Wildman–Crippen MR) is 116 cm³/mol. The maximum atomic E-state index is 12.5. The largest absolute Gasteiger partial charge is 0.493 e. The van der Waals surface area contributed by atoms with E-state index in [0.29, 0.717) is 24.3 Å². The van der Waals surface area contributed by atoms with E-state index >= 15 is 0 Å². The minimum Gasteiger partial charge on any atom is -0.493 e. The van der Waals surface area contributed by atoms with E-state index in [9.17, 15) is 13.2 Å². The van der Waals surface area contributed by atoms with Gasteiger partial charge in [0.1, 0.15) is 0 Å². The average molecular weight is 435 g/mol. The van der Waals surface area contributed by atoms with Crippen molar-refractivity contribution in [2.75, 3.05) is 27.8 Å². The van der Waals surface area contributed by atoms with Gasteiger partial charge in [0.25, 0.3) is 0 Å². The van der Waals surface area contributed by atoms with Gasteiger partial charge < -0.3 is 14.8 Å². The topological polar surface area (TPSA) is 84.9 Å². The van der Waals surface area contributed by atoms with E-state index < -0.39 is 10.0 Å². The summed E-state index contributed by atoms with van der Waals surface area (Å²) in [5.74, 6) is 1.11. The van der Waals surface area contributed by atoms with Crippen LogP contribution in [0.5, 0.6) is 11.5 Å². The van der Waals surface area contributed by atoms with Crippen LogP contribution in [0.2, 0.25) is 0 Å². The number of methoxy groups -OCH3 is 2. The lowest BCUT2D eigenvalue weighted by molar-refractivity contribution is -0.122. The van der Waals surface area contributed by atoms with Crippen LogP contribution in [-0.4, -0.2) is 46.4 Å². The van der Waals surface area contributed by atoms with Crippen LogP contribution in [0.25, 0.3) is 0 Å². The molecule has 0 bridgehead atoms. The molecule has 1 N–H and O–H groups in total. The Morgan fingerprint density at radius 3 is 2.33 bits per heavy atom. The van der Waals surface area contributed by atoms with E-state index in [4.69, 9.17) is 9.47 Å². The van der Waals surface area contributed by atoms with E-state index in [0.717, 1.165) is 5.56 Å². The van der Waals surface area contributed by atoms with Gasteiger partial charge in [-0.2, -0.15) is 0 Å². The molecule has 0 unspecified atom stereocenters. The van der Waals surface area contributed by atoms with Crippen molar-refractivity contribution in [2.45, 2.75) is 37.1 Å². The number of carbonyl (C=O) groups is 1. The van der Waals surface area contributed by atoms with Crippen LogP contribution in [-0.2, 0) is 14.8 Å². The number of carbonyl (C=O) groups excluding carboxylic acids is 1. The molecule has 0 saturated heterocycles. The van der Waals surface area contributed by atoms with Gasteiger partial charge in [-0.1, -0.05) is 31.2 Å². The summed E-state index contributed by atoms with van der Waals surface area (Å²) in [6.45, 7) is 2.25. The zero-order valence-corrected chi connectivity index (χ0v) is 18.7. The summed E-state index contributed by atoms with van der Waals surface area (Å²) in [5.41, 5.74) is 0.923. The number of rotatable bonds is 11. The second kappa shape index (κ2) is 11.0. The molecule has 8 heteroatoms. The molecule has 0 aromatic heterocycles. The van der Waals surface area contributed by atoms with Gasteiger partial charge in [0.15, 0.2) is 11.5 Å². The molecule has 0 aliphatic carbocycles. The van der Waals surface area contributed by atoms with E-state index in [-0.39, 0.29) is 29.8 Å². The number of hydrogen-bond acceptors (Lipinski definition) is 5. The molecule has 0 aliphatic rings. The Balaban J connectivity index is 1.92. The standard InChI is InChI=1S/C22H30N2O5S/c1-5-19(17-13-14-20(28-3)21(16-17)29-4)23-22(25)12-9-15-24(2)30(26,27)18-10-7-6-8-11-18/h6-8,10-11,13-14,16,19H,5,9,12,15H2,1-4H3,(H,23,25)/t19-/m0/s1. The summed E-state index contributed by atoms with van der Waals surface area (Å²) in [6, 6.07) is 13.7. The molecule has 0 heterocycles. The van der Waals surface area contributed by atoms with E-state index in [1.54, 1.807) is 44.6 Å². The first-order valence-corrected chi connectivity index (χ1v) is 11.3. The summed E-state index contributed by atoms with van der Waals surface area (Å²) in [7, 11) is 1.13. The van der Waals surface area contributed by atoms with Crippen molar-refractivity contribution >= 4 is 15.9 Å². The summed E-state index contributed by atoms with van der Waals surface area (Å²) < 4.78 is 36.9. The molecule has 0 radical (unpaired) electrons. The number of amides is 1. The Hall–Kier alpha value is -2.58. The highest BCUT2D eigenvalue weighted by Crippen LogP contribution is 2.30. The fourth-order valence-corrected chi connectivity index (χ4v) is 4.34. The lowest BCUT2D eigenvalue weighted by Crippen LogP contribution is -2.31. The van der Waals surface area contributed by atoms with Crippen molar-refractivity contribution in [1.82, 2.24) is 9.62 Å². The summed E-state index contributed by atoms with van der Waals surface area (Å²) in [6.07, 6.45) is 1.37. The molecule has 164 valence electrons. The fraction of sp³-hybridized carbons (Fsp3) is 0.409. The highest BCUT2D eigenvalue weighted by molar-refractivity contribution is 7.89. The van der Waals surface area contributed by atoms with Crippen LogP contribution in [0, 0.1) is 0 Å². The summed E-state index contributed by atoms with van der Waals surface area (Å²) in [5, 5.41) is 3.01. The van der Waals surface area contributed by atoms with Crippen LogP contribution in [0.3, 0.4) is 0 Å². The smallest absolute Gasteiger partial charge is 0.242 e. The van der Waals surface area contributed by atoms with Gasteiger partial charge in [-0.05, 0) is 42.7 Å². The number of ether oxygens (including phenoxy) is 2. The fourth-order valence-electron chi connectivity index (χ4n) is 3.11. The molecule has 2 aromatic carbocycles. The number of sulfonamides is 1. The molecule has 0 aliphatic heterocycles. The van der Waals surface area contributed by atoms with Gasteiger partial charge >= 0.3 is 0 Å². The normalized spacial score (nSPS) is 12.4. The molecule has 30 heavy (non-hydrogen) atoms. The third-order valence-electron chi connectivity index (χ3n) is 4.88. The van der Waals surface area contributed by atoms with Gasteiger partial charge in [-0.15, -0.1) is 0 Å². The molecule has 2 rings (SSSR count). The molecule has 0 spiro atoms. The van der Waals surface area contributed by atoms with Gasteiger partial charge in [-0.3, -0.25) is 4.79 Å². The number of nitrogens with one attached hydrogen (secondary N) is 1. The number of nitrogens with zero attached hydrogens (tertiary/aromatic N) is 1. The second-order valence-corrected chi connectivity index (χ2v) is 8.93. The second-order valence-electron chi connectivity index (χ2n) is 6.89. The molecule has 0 fully saturated rings. The van der Waals surface area contributed by atoms with Crippen LogP contribution in [0.15, 0.2) is 53.4 Å². The van der Waals surface area contributed by atoms with Gasteiger partial charge in [0.2, 0.25) is 15.9 Å². The summed E-state index contributed by atoms with van der Waals surface area (Å²) in [4.78, 5) is 12.7. The number of benzene rings is 2. The molecule has 7 nitrogen and oxygen atoms in total. The minimum absolute atomic E-state index is 0.123. The van der Waals surface area contributed by atoms with E-state index in [2.05, 4.69) is 5.32 Å². The van der Waals surface area contributed by atoms with Crippen molar-refractivity contribution < 1.29 is 22.7 Å². The Labute approximate surface area is 179 Å². The van der Waals surface area contributed by atoms with Crippen LogP contribution < -0.4 is 14.8 Å². The van der Waals surface area contributed by atoms with E-state index in [1.807, 2.05) is 25.1 Å². The van der Waals surface area contributed by atoms with Gasteiger partial charge in [-0.25, -0.2) is 12.7 Å². The van der Waals surface area contributed by atoms with Crippen molar-refractivity contribution in [2.24, 2.45) is 0 Å². The first kappa shape index (κ1) is 23.7. The lowest BCUT2D eigenvalue weighted by Gasteiger charge is -2.20. The Kier molecular flexibility index (Phi) is 8.68. The SMILES string of the molecule is CC[C@H](NC(=O)CCCN(C)S(=O)(=O)c1ccccc1)c1ccc(OC)c(OC)c1. The lowest BCUT2D eigenvalue weighted by atomic mass is 10.0. The molecular weight excluding hydrogens is 404 g/mol. The average Bonchev–Trinajstić information content (AvgIpc) is 2.77. The first-order chi connectivity index (χ1) is 14.3. The summed E-state index contributed by atoms with van der Waals surface area (Å²) >= 11 is 0. The monoisotopic (exact) mass is 434 g/mol. The number of hydrogen-bond donors (Lipinski definition) is 1. The van der Waals surface area contributed by atoms with Crippen molar-refractivity contribution in [3.05, 3.63) is 54.1 Å². The zero-order chi connectivity index (χ0) is 22.1. The van der Waals surface area contributed by atoms with Crippen molar-refractivity contribution in [3.8, 4) is 11.5 Å². The van der Waals surface area contributed by atoms with Gasteiger partial charge in [0.05, 0.1) is 25.2 Å². The highest BCUT2D eigenvalue weighted by atomic mass is 32.2. The van der Waals surface area contributed by atoms with Gasteiger partial charge in [0, 0.05) is 20.0 Å². The maximum absolute atomic E-state index is 12.5. The maximum Gasteiger partial charge on any atom is 0.242 e. The molecule has 1 atom stereocenters. The van der Waals surface area contributed by atoms with Crippen LogP contribution in [0.4, 0.5) is 0 Å².